The Morgan fingerprint density at radius 1 is 1.31 bits per heavy atom. The zero-order valence-electron chi connectivity index (χ0n) is 16.1. The van der Waals surface area contributed by atoms with Gasteiger partial charge in [-0.2, -0.15) is 0 Å². The van der Waals surface area contributed by atoms with Crippen molar-refractivity contribution in [2.75, 3.05) is 20.8 Å². The predicted octanol–water partition coefficient (Wildman–Crippen LogP) is 2.82. The first-order valence-electron chi connectivity index (χ1n) is 8.76. The number of methoxy groups -OCH3 is 2. The van der Waals surface area contributed by atoms with Gasteiger partial charge in [0.25, 0.3) is 5.91 Å². The topological polar surface area (TPSA) is 67.9 Å². The van der Waals surface area contributed by atoms with Crippen LogP contribution in [0.3, 0.4) is 0 Å². The van der Waals surface area contributed by atoms with Crippen LogP contribution in [0.15, 0.2) is 12.1 Å². The summed E-state index contributed by atoms with van der Waals surface area (Å²) in [7, 11) is 3.07. The van der Waals surface area contributed by atoms with Gasteiger partial charge in [-0.15, -0.1) is 11.8 Å². The molecule has 0 spiro atoms. The molecule has 0 saturated carbocycles. The number of hydrogen-bond acceptors (Lipinski definition) is 5. The molecule has 1 N–H and O–H groups in total. The number of nitrogens with one attached hydrogen (secondary N) is 1. The van der Waals surface area contributed by atoms with Crippen LogP contribution in [0.5, 0.6) is 11.5 Å². The van der Waals surface area contributed by atoms with Crippen LogP contribution in [-0.4, -0.2) is 48.3 Å². The summed E-state index contributed by atoms with van der Waals surface area (Å²) in [5.41, 5.74) is 1.38. The molecule has 0 aromatic heterocycles. The number of hydrogen-bond donors (Lipinski definition) is 1. The van der Waals surface area contributed by atoms with E-state index in [1.165, 1.54) is 7.11 Å². The molecule has 2 amide bonds. The summed E-state index contributed by atoms with van der Waals surface area (Å²) < 4.78 is 10.4. The van der Waals surface area contributed by atoms with E-state index in [-0.39, 0.29) is 21.9 Å². The van der Waals surface area contributed by atoms with E-state index in [1.807, 2.05) is 39.8 Å². The number of carbonyl (C=O) groups excluding carboxylic acids is 2. The number of amides is 2. The Bertz CT molecular complexity index is 747. The van der Waals surface area contributed by atoms with E-state index in [1.54, 1.807) is 23.8 Å². The van der Waals surface area contributed by atoms with Crippen molar-refractivity contribution in [2.45, 2.75) is 43.9 Å². The lowest BCUT2D eigenvalue weighted by atomic mass is 10.0. The second-order valence-electron chi connectivity index (χ2n) is 7.59. The lowest BCUT2D eigenvalue weighted by molar-refractivity contribution is -0.126. The fraction of sp³-hybridized carbons (Fsp3) is 0.579. The van der Waals surface area contributed by atoms with Gasteiger partial charge in [0.1, 0.15) is 11.4 Å². The molecule has 0 aliphatic carbocycles. The summed E-state index contributed by atoms with van der Waals surface area (Å²) in [5.74, 6) is 1.02. The molecular weight excluding hydrogens is 352 g/mol. The molecule has 2 atom stereocenters. The summed E-state index contributed by atoms with van der Waals surface area (Å²) in [6.07, 6.45) is 0. The Kier molecular flexibility index (Phi) is 4.86. The zero-order chi connectivity index (χ0) is 19.2. The SMILES string of the molecule is COc1ccc2c(c1OC)C(=O)N1C2SC(C)(C)[C@H]1C(=O)NCC(C)C. The highest BCUT2D eigenvalue weighted by Crippen LogP contribution is 2.58. The molecule has 0 radical (unpaired) electrons. The Morgan fingerprint density at radius 3 is 2.58 bits per heavy atom. The quantitative estimate of drug-likeness (QED) is 0.853. The minimum Gasteiger partial charge on any atom is -0.493 e. The lowest BCUT2D eigenvalue weighted by Crippen LogP contribution is -2.52. The molecule has 26 heavy (non-hydrogen) atoms. The molecule has 1 unspecified atom stereocenters. The molecule has 2 heterocycles. The van der Waals surface area contributed by atoms with Gasteiger partial charge in [0.2, 0.25) is 5.91 Å². The van der Waals surface area contributed by atoms with Gasteiger partial charge in [-0.05, 0) is 25.8 Å². The lowest BCUT2D eigenvalue weighted by Gasteiger charge is -2.29. The van der Waals surface area contributed by atoms with E-state index < -0.39 is 6.04 Å². The van der Waals surface area contributed by atoms with Gasteiger partial charge in [-0.1, -0.05) is 19.9 Å². The molecule has 1 saturated heterocycles. The normalized spacial score (nSPS) is 23.0. The molecule has 0 bridgehead atoms. The van der Waals surface area contributed by atoms with Crippen LogP contribution in [-0.2, 0) is 4.79 Å². The van der Waals surface area contributed by atoms with Gasteiger partial charge in [0, 0.05) is 16.9 Å². The van der Waals surface area contributed by atoms with Crippen LogP contribution in [0.1, 0.15) is 49.0 Å². The van der Waals surface area contributed by atoms with Crippen molar-refractivity contribution in [3.63, 3.8) is 0 Å². The first kappa shape index (κ1) is 18.9. The molecule has 1 fully saturated rings. The monoisotopic (exact) mass is 378 g/mol. The number of rotatable bonds is 5. The first-order chi connectivity index (χ1) is 12.2. The van der Waals surface area contributed by atoms with Crippen LogP contribution in [0.2, 0.25) is 0 Å². The number of thioether (sulfide) groups is 1. The smallest absolute Gasteiger partial charge is 0.260 e. The van der Waals surface area contributed by atoms with Gasteiger partial charge < -0.3 is 19.7 Å². The highest BCUT2D eigenvalue weighted by molar-refractivity contribution is 8.01. The van der Waals surface area contributed by atoms with E-state index in [2.05, 4.69) is 5.32 Å². The Hall–Kier alpha value is -1.89. The number of carbonyl (C=O) groups is 2. The van der Waals surface area contributed by atoms with Gasteiger partial charge in [-0.3, -0.25) is 9.59 Å². The summed E-state index contributed by atoms with van der Waals surface area (Å²) in [4.78, 5) is 27.9. The van der Waals surface area contributed by atoms with Gasteiger partial charge in [0.15, 0.2) is 11.5 Å². The van der Waals surface area contributed by atoms with Gasteiger partial charge >= 0.3 is 0 Å². The van der Waals surface area contributed by atoms with E-state index in [0.29, 0.717) is 29.5 Å². The van der Waals surface area contributed by atoms with Crippen LogP contribution >= 0.6 is 11.8 Å². The summed E-state index contributed by atoms with van der Waals surface area (Å²) in [6, 6.07) is 3.18. The van der Waals surface area contributed by atoms with E-state index in [0.717, 1.165) is 5.56 Å². The van der Waals surface area contributed by atoms with Crippen LogP contribution < -0.4 is 14.8 Å². The van der Waals surface area contributed by atoms with E-state index in [4.69, 9.17) is 9.47 Å². The summed E-state index contributed by atoms with van der Waals surface area (Å²) >= 11 is 1.64. The van der Waals surface area contributed by atoms with Crippen LogP contribution in [0.4, 0.5) is 0 Å². The van der Waals surface area contributed by atoms with Crippen molar-refractivity contribution in [3.8, 4) is 11.5 Å². The number of fused-ring (bicyclic) bond motifs is 3. The molecule has 2 aliphatic rings. The fourth-order valence-corrected chi connectivity index (χ4v) is 5.24. The second-order valence-corrected chi connectivity index (χ2v) is 9.33. The minimum absolute atomic E-state index is 0.106. The maximum atomic E-state index is 13.3. The van der Waals surface area contributed by atoms with Crippen molar-refractivity contribution < 1.29 is 19.1 Å². The number of benzene rings is 1. The molecule has 2 aliphatic heterocycles. The van der Waals surface area contributed by atoms with E-state index in [9.17, 15) is 9.59 Å². The van der Waals surface area contributed by atoms with Crippen molar-refractivity contribution in [1.29, 1.82) is 0 Å². The van der Waals surface area contributed by atoms with Gasteiger partial charge in [0.05, 0.1) is 19.8 Å². The third kappa shape index (κ3) is 2.82. The Labute approximate surface area is 158 Å². The predicted molar refractivity (Wildman–Crippen MR) is 102 cm³/mol. The average Bonchev–Trinajstić information content (AvgIpc) is 3.01. The summed E-state index contributed by atoms with van der Waals surface area (Å²) in [5, 5.41) is 2.80. The van der Waals surface area contributed by atoms with Crippen LogP contribution in [0, 0.1) is 5.92 Å². The average molecular weight is 378 g/mol. The standard InChI is InChI=1S/C19H26N2O4S/c1-10(2)9-20-16(22)15-19(3,4)26-18-11-7-8-12(24-5)14(25-6)13(11)17(23)21(15)18/h7-8,10,15,18H,9H2,1-6H3,(H,20,22)/t15-,18?/m1/s1. The summed E-state index contributed by atoms with van der Waals surface area (Å²) in [6.45, 7) is 8.72. The second kappa shape index (κ2) is 6.68. The van der Waals surface area contributed by atoms with Crippen LogP contribution in [0.25, 0.3) is 0 Å². The molecular formula is C19H26N2O4S. The molecule has 6 nitrogen and oxygen atoms in total. The molecule has 7 heteroatoms. The van der Waals surface area contributed by atoms with Gasteiger partial charge in [-0.25, -0.2) is 0 Å². The first-order valence-corrected chi connectivity index (χ1v) is 9.64. The van der Waals surface area contributed by atoms with Crippen molar-refractivity contribution in [1.82, 2.24) is 10.2 Å². The highest BCUT2D eigenvalue weighted by atomic mass is 32.2. The Balaban J connectivity index is 2.01. The molecule has 1 aromatic rings. The molecule has 1 aromatic carbocycles. The number of nitrogens with zero attached hydrogens (tertiary/aromatic N) is 1. The minimum atomic E-state index is -0.535. The fourth-order valence-electron chi connectivity index (χ4n) is 3.66. The third-order valence-corrected chi connectivity index (χ3v) is 6.36. The maximum Gasteiger partial charge on any atom is 0.260 e. The van der Waals surface area contributed by atoms with Crippen molar-refractivity contribution in [3.05, 3.63) is 23.3 Å². The highest BCUT2D eigenvalue weighted by Gasteiger charge is 2.58. The zero-order valence-corrected chi connectivity index (χ0v) is 16.9. The Morgan fingerprint density at radius 2 is 2.00 bits per heavy atom. The van der Waals surface area contributed by atoms with Crippen molar-refractivity contribution in [2.24, 2.45) is 5.92 Å². The molecule has 142 valence electrons. The number of ether oxygens (including phenoxy) is 2. The molecule has 3 rings (SSSR count). The maximum absolute atomic E-state index is 13.3. The third-order valence-electron chi connectivity index (χ3n) is 4.83. The van der Waals surface area contributed by atoms with E-state index >= 15 is 0 Å². The van der Waals surface area contributed by atoms with Crippen molar-refractivity contribution >= 4 is 23.6 Å². The largest absolute Gasteiger partial charge is 0.493 e.